The molecular formula is C8H9ClN2OS. The van der Waals surface area contributed by atoms with Gasteiger partial charge in [-0.05, 0) is 23.9 Å². The molecule has 0 saturated heterocycles. The second-order valence-corrected chi connectivity index (χ2v) is 4.41. The van der Waals surface area contributed by atoms with Gasteiger partial charge in [0.1, 0.15) is 11.4 Å². The number of methoxy groups -OCH3 is 1. The lowest BCUT2D eigenvalue weighted by molar-refractivity contribution is 0.418. The summed E-state index contributed by atoms with van der Waals surface area (Å²) < 4.78 is 8.74. The standard InChI is InChI=1S/C8H9ClN2OS/c1-10(9)13-11-6-4-3-5-7(12-2)8(6)11/h3-5H,1-2H3. The molecule has 0 bridgehead atoms. The Morgan fingerprint density at radius 2 is 2.31 bits per heavy atom. The van der Waals surface area contributed by atoms with Crippen molar-refractivity contribution in [1.29, 1.82) is 0 Å². The van der Waals surface area contributed by atoms with Crippen LogP contribution in [0.2, 0.25) is 0 Å². The molecule has 0 amide bonds. The highest BCUT2D eigenvalue weighted by molar-refractivity contribution is 8.00. The summed E-state index contributed by atoms with van der Waals surface area (Å²) in [4.78, 5) is 0. The van der Waals surface area contributed by atoms with Gasteiger partial charge in [0.05, 0.1) is 24.9 Å². The average molecular weight is 217 g/mol. The van der Waals surface area contributed by atoms with E-state index in [1.165, 1.54) is 16.0 Å². The van der Waals surface area contributed by atoms with Crippen LogP contribution in [0.4, 0.5) is 11.4 Å². The zero-order valence-corrected chi connectivity index (χ0v) is 8.89. The van der Waals surface area contributed by atoms with Crippen molar-refractivity contribution in [1.82, 2.24) is 3.82 Å². The number of ether oxygens (including phenoxy) is 1. The van der Waals surface area contributed by atoms with Crippen molar-refractivity contribution in [2.45, 2.75) is 0 Å². The summed E-state index contributed by atoms with van der Waals surface area (Å²) >= 11 is 7.14. The minimum absolute atomic E-state index is 0.892. The molecule has 0 atom stereocenters. The molecule has 1 aromatic carbocycles. The lowest BCUT2D eigenvalue weighted by Crippen LogP contribution is -1.97. The molecule has 0 spiro atoms. The monoisotopic (exact) mass is 216 g/mol. The average Bonchev–Trinajstić information content (AvgIpc) is 2.78. The third-order valence-electron chi connectivity index (χ3n) is 1.76. The van der Waals surface area contributed by atoms with Gasteiger partial charge in [0, 0.05) is 7.05 Å². The molecule has 2 rings (SSSR count). The summed E-state index contributed by atoms with van der Waals surface area (Å²) in [6.45, 7) is 0. The Balaban J connectivity index is 2.16. The highest BCUT2D eigenvalue weighted by Gasteiger charge is 2.34. The highest BCUT2D eigenvalue weighted by Crippen LogP contribution is 2.58. The summed E-state index contributed by atoms with van der Waals surface area (Å²) in [5.41, 5.74) is 2.28. The van der Waals surface area contributed by atoms with Crippen LogP contribution in [0, 0.1) is 0 Å². The molecule has 0 N–H and O–H groups in total. The van der Waals surface area contributed by atoms with Gasteiger partial charge in [-0.15, -0.1) is 3.82 Å². The van der Waals surface area contributed by atoms with E-state index in [2.05, 4.69) is 0 Å². The lowest BCUT2D eigenvalue weighted by Gasteiger charge is -2.05. The van der Waals surface area contributed by atoms with E-state index in [1.807, 2.05) is 22.5 Å². The molecule has 5 heteroatoms. The molecule has 0 fully saturated rings. The minimum atomic E-state index is 0.892. The molecular weight excluding hydrogens is 208 g/mol. The molecule has 0 saturated carbocycles. The smallest absolute Gasteiger partial charge is 0.145 e. The van der Waals surface area contributed by atoms with Crippen LogP contribution in [-0.2, 0) is 0 Å². The maximum Gasteiger partial charge on any atom is 0.145 e. The van der Waals surface area contributed by atoms with Crippen molar-refractivity contribution in [3.8, 4) is 5.75 Å². The first kappa shape index (κ1) is 8.99. The van der Waals surface area contributed by atoms with E-state index in [0.717, 1.165) is 17.1 Å². The number of halogens is 1. The number of nitrogens with zero attached hydrogens (tertiary/aromatic N) is 2. The molecule has 0 radical (unpaired) electrons. The van der Waals surface area contributed by atoms with E-state index in [0.29, 0.717) is 0 Å². The SMILES string of the molecule is COc1cccc2c1N2SN(C)Cl. The largest absolute Gasteiger partial charge is 0.494 e. The van der Waals surface area contributed by atoms with E-state index < -0.39 is 0 Å². The number of rotatable bonds is 3. The van der Waals surface area contributed by atoms with Crippen molar-refractivity contribution in [3.05, 3.63) is 18.2 Å². The predicted molar refractivity (Wildman–Crippen MR) is 56.3 cm³/mol. The molecule has 1 aliphatic heterocycles. The molecule has 70 valence electrons. The van der Waals surface area contributed by atoms with Crippen LogP contribution in [0.3, 0.4) is 0 Å². The van der Waals surface area contributed by atoms with E-state index in [4.69, 9.17) is 16.5 Å². The van der Waals surface area contributed by atoms with E-state index in [1.54, 1.807) is 14.2 Å². The normalized spacial score (nSPS) is 13.1. The van der Waals surface area contributed by atoms with Crippen LogP contribution in [0.5, 0.6) is 5.75 Å². The zero-order valence-electron chi connectivity index (χ0n) is 7.32. The first-order valence-electron chi connectivity index (χ1n) is 3.78. The fraction of sp³-hybridized carbons (Fsp3) is 0.250. The molecule has 13 heavy (non-hydrogen) atoms. The Kier molecular flexibility index (Phi) is 2.27. The van der Waals surface area contributed by atoms with Crippen molar-refractivity contribution in [2.75, 3.05) is 18.5 Å². The fourth-order valence-electron chi connectivity index (χ4n) is 1.20. The van der Waals surface area contributed by atoms with Crippen molar-refractivity contribution >= 4 is 35.3 Å². The van der Waals surface area contributed by atoms with E-state index in [9.17, 15) is 0 Å². The van der Waals surface area contributed by atoms with Crippen LogP contribution < -0.4 is 9.04 Å². The quantitative estimate of drug-likeness (QED) is 0.438. The van der Waals surface area contributed by atoms with Crippen LogP contribution in [0.15, 0.2) is 18.2 Å². The predicted octanol–water partition coefficient (Wildman–Crippen LogP) is 2.80. The number of para-hydroxylation sites is 1. The molecule has 1 aromatic rings. The third-order valence-corrected chi connectivity index (χ3v) is 2.72. The minimum Gasteiger partial charge on any atom is -0.494 e. The van der Waals surface area contributed by atoms with Gasteiger partial charge in [0.2, 0.25) is 0 Å². The summed E-state index contributed by atoms with van der Waals surface area (Å²) in [5, 5.41) is 0. The number of benzene rings is 1. The Bertz CT molecular complexity index is 332. The first-order valence-corrected chi connectivity index (χ1v) is 4.85. The molecule has 1 aliphatic rings. The summed E-state index contributed by atoms with van der Waals surface area (Å²) in [6.07, 6.45) is 0. The third kappa shape index (κ3) is 1.57. The number of hydrogen-bond donors (Lipinski definition) is 0. The Morgan fingerprint density at radius 1 is 1.54 bits per heavy atom. The molecule has 0 aliphatic carbocycles. The van der Waals surface area contributed by atoms with Crippen LogP contribution in [0.1, 0.15) is 0 Å². The van der Waals surface area contributed by atoms with Gasteiger partial charge < -0.3 is 4.74 Å². The van der Waals surface area contributed by atoms with Gasteiger partial charge in [-0.1, -0.05) is 6.07 Å². The fourth-order valence-corrected chi connectivity index (χ4v) is 2.07. The van der Waals surface area contributed by atoms with Gasteiger partial charge >= 0.3 is 0 Å². The molecule has 1 heterocycles. The van der Waals surface area contributed by atoms with Crippen LogP contribution in [-0.4, -0.2) is 18.0 Å². The zero-order chi connectivity index (χ0) is 9.42. The highest BCUT2D eigenvalue weighted by atomic mass is 35.5. The molecule has 3 nitrogen and oxygen atoms in total. The van der Waals surface area contributed by atoms with Gasteiger partial charge in [-0.3, -0.25) is 4.31 Å². The summed E-state index contributed by atoms with van der Waals surface area (Å²) in [6, 6.07) is 5.94. The van der Waals surface area contributed by atoms with E-state index in [-0.39, 0.29) is 0 Å². The number of hydrogen-bond acceptors (Lipinski definition) is 4. The maximum atomic E-state index is 5.71. The van der Waals surface area contributed by atoms with Crippen LogP contribution in [0.25, 0.3) is 0 Å². The number of fused-ring (bicyclic) bond motifs is 1. The van der Waals surface area contributed by atoms with Crippen molar-refractivity contribution < 1.29 is 4.74 Å². The first-order chi connectivity index (χ1) is 6.24. The van der Waals surface area contributed by atoms with Gasteiger partial charge in [-0.25, -0.2) is 0 Å². The Labute approximate surface area is 86.6 Å². The molecule has 0 unspecified atom stereocenters. The summed E-state index contributed by atoms with van der Waals surface area (Å²) in [7, 11) is 3.46. The van der Waals surface area contributed by atoms with Crippen molar-refractivity contribution in [2.24, 2.45) is 0 Å². The maximum absolute atomic E-state index is 5.71. The Hall–Kier alpha value is -0.580. The van der Waals surface area contributed by atoms with Gasteiger partial charge in [0.25, 0.3) is 0 Å². The second-order valence-electron chi connectivity index (χ2n) is 2.62. The Morgan fingerprint density at radius 3 is 2.92 bits per heavy atom. The van der Waals surface area contributed by atoms with Crippen molar-refractivity contribution in [3.63, 3.8) is 0 Å². The summed E-state index contributed by atoms with van der Waals surface area (Å²) in [5.74, 6) is 0.892. The van der Waals surface area contributed by atoms with Crippen LogP contribution >= 0.6 is 23.9 Å². The molecule has 0 aromatic heterocycles. The number of anilines is 2. The van der Waals surface area contributed by atoms with Gasteiger partial charge in [-0.2, -0.15) is 0 Å². The van der Waals surface area contributed by atoms with Gasteiger partial charge in [0.15, 0.2) is 0 Å². The topological polar surface area (TPSA) is 15.5 Å². The lowest BCUT2D eigenvalue weighted by atomic mass is 10.3. The second kappa shape index (κ2) is 3.29. The van der Waals surface area contributed by atoms with E-state index >= 15 is 0 Å².